The zero-order valence-electron chi connectivity index (χ0n) is 20.0. The summed E-state index contributed by atoms with van der Waals surface area (Å²) in [5.74, 6) is 0.585. The Morgan fingerprint density at radius 2 is 1.65 bits per heavy atom. The van der Waals surface area contributed by atoms with Crippen LogP contribution in [-0.2, 0) is 20.2 Å². The van der Waals surface area contributed by atoms with Crippen LogP contribution in [0.1, 0.15) is 31.9 Å². The van der Waals surface area contributed by atoms with Gasteiger partial charge < -0.3 is 14.8 Å². The highest BCUT2D eigenvalue weighted by molar-refractivity contribution is 7.92. The van der Waals surface area contributed by atoms with Crippen LogP contribution in [-0.4, -0.2) is 28.0 Å². The quantitative estimate of drug-likeness (QED) is 0.465. The molecule has 2 N–H and O–H groups in total. The topological polar surface area (TPSA) is 93.7 Å². The number of rotatable bonds is 8. The van der Waals surface area contributed by atoms with Crippen LogP contribution in [0.15, 0.2) is 71.6 Å². The van der Waals surface area contributed by atoms with Crippen LogP contribution in [0.25, 0.3) is 0 Å². The number of anilines is 2. The monoisotopic (exact) mass is 482 g/mol. The van der Waals surface area contributed by atoms with Crippen molar-refractivity contribution in [3.63, 3.8) is 0 Å². The third-order valence-corrected chi connectivity index (χ3v) is 6.71. The van der Waals surface area contributed by atoms with E-state index in [1.54, 1.807) is 43.3 Å². The van der Waals surface area contributed by atoms with E-state index in [-0.39, 0.29) is 16.9 Å². The van der Waals surface area contributed by atoms with Crippen molar-refractivity contribution in [2.45, 2.75) is 38.0 Å². The molecule has 0 heterocycles. The molecule has 0 atom stereocenters. The predicted octanol–water partition coefficient (Wildman–Crippen LogP) is 5.12. The average molecular weight is 483 g/mol. The second kappa shape index (κ2) is 10.2. The number of hydrogen-bond acceptors (Lipinski definition) is 5. The van der Waals surface area contributed by atoms with E-state index in [0.717, 1.165) is 0 Å². The van der Waals surface area contributed by atoms with Crippen LogP contribution < -0.4 is 19.5 Å². The number of carbonyl (C=O) groups excluding carboxylic acids is 1. The van der Waals surface area contributed by atoms with E-state index in [9.17, 15) is 13.2 Å². The Morgan fingerprint density at radius 1 is 0.971 bits per heavy atom. The number of methoxy groups -OCH3 is 1. The molecule has 0 fully saturated rings. The Labute approximate surface area is 201 Å². The lowest BCUT2D eigenvalue weighted by Crippen LogP contribution is -2.21. The molecule has 0 unspecified atom stereocenters. The fraction of sp³-hybridized carbons (Fsp3) is 0.269. The molecule has 1 amide bonds. The van der Waals surface area contributed by atoms with Crippen LogP contribution in [0.5, 0.6) is 11.5 Å². The van der Waals surface area contributed by atoms with Gasteiger partial charge in [0.05, 0.1) is 17.7 Å². The molecule has 34 heavy (non-hydrogen) atoms. The highest BCUT2D eigenvalue weighted by Crippen LogP contribution is 2.28. The van der Waals surface area contributed by atoms with Gasteiger partial charge in [0.25, 0.3) is 15.9 Å². The van der Waals surface area contributed by atoms with Gasteiger partial charge in [-0.1, -0.05) is 51.1 Å². The SMILES string of the molecule is COc1ccccc1NS(=O)(=O)c1cc(NC(=O)COc2ccc(C(C)(C)C)cc2)ccc1C. The number of ether oxygens (including phenoxy) is 2. The van der Waals surface area contributed by atoms with Crippen molar-refractivity contribution in [1.82, 2.24) is 0 Å². The highest BCUT2D eigenvalue weighted by Gasteiger charge is 2.20. The number of nitrogens with one attached hydrogen (secondary N) is 2. The molecular weight excluding hydrogens is 452 g/mol. The number of amides is 1. The number of para-hydroxylation sites is 2. The fourth-order valence-electron chi connectivity index (χ4n) is 3.29. The normalized spacial score (nSPS) is 11.6. The Balaban J connectivity index is 1.69. The van der Waals surface area contributed by atoms with Gasteiger partial charge in [0.2, 0.25) is 0 Å². The summed E-state index contributed by atoms with van der Waals surface area (Å²) in [4.78, 5) is 12.5. The first-order chi connectivity index (χ1) is 16.0. The van der Waals surface area contributed by atoms with E-state index in [1.165, 1.54) is 18.7 Å². The summed E-state index contributed by atoms with van der Waals surface area (Å²) in [6.45, 7) is 7.85. The van der Waals surface area contributed by atoms with Crippen LogP contribution in [0.3, 0.4) is 0 Å². The minimum absolute atomic E-state index is 0.0277. The van der Waals surface area contributed by atoms with Gasteiger partial charge in [0.15, 0.2) is 6.61 Å². The van der Waals surface area contributed by atoms with Crippen molar-refractivity contribution in [3.05, 3.63) is 77.9 Å². The smallest absolute Gasteiger partial charge is 0.262 e. The van der Waals surface area contributed by atoms with Crippen LogP contribution in [0.4, 0.5) is 11.4 Å². The van der Waals surface area contributed by atoms with Crippen molar-refractivity contribution in [2.75, 3.05) is 23.8 Å². The van der Waals surface area contributed by atoms with E-state index >= 15 is 0 Å². The number of sulfonamides is 1. The number of hydrogen-bond donors (Lipinski definition) is 2. The summed E-state index contributed by atoms with van der Waals surface area (Å²) >= 11 is 0. The zero-order valence-corrected chi connectivity index (χ0v) is 20.8. The first-order valence-electron chi connectivity index (χ1n) is 10.8. The van der Waals surface area contributed by atoms with Gasteiger partial charge in [-0.2, -0.15) is 0 Å². The first-order valence-corrected chi connectivity index (χ1v) is 12.3. The lowest BCUT2D eigenvalue weighted by molar-refractivity contribution is -0.118. The lowest BCUT2D eigenvalue weighted by Gasteiger charge is -2.19. The molecule has 0 aromatic heterocycles. The molecule has 0 aliphatic heterocycles. The summed E-state index contributed by atoms with van der Waals surface area (Å²) in [5, 5.41) is 2.69. The summed E-state index contributed by atoms with van der Waals surface area (Å²) in [5.41, 5.74) is 2.40. The largest absolute Gasteiger partial charge is 0.495 e. The molecule has 0 aliphatic rings. The van der Waals surface area contributed by atoms with Gasteiger partial charge in [-0.15, -0.1) is 0 Å². The minimum atomic E-state index is -3.92. The zero-order chi connectivity index (χ0) is 24.9. The van der Waals surface area contributed by atoms with Gasteiger partial charge in [-0.25, -0.2) is 8.42 Å². The molecule has 0 radical (unpaired) electrons. The van der Waals surface area contributed by atoms with Crippen molar-refractivity contribution in [2.24, 2.45) is 0 Å². The maximum atomic E-state index is 13.0. The van der Waals surface area contributed by atoms with Gasteiger partial charge in [0, 0.05) is 5.69 Å². The Kier molecular flexibility index (Phi) is 7.51. The highest BCUT2D eigenvalue weighted by atomic mass is 32.2. The van der Waals surface area contributed by atoms with Gasteiger partial charge in [-0.05, 0) is 59.9 Å². The van der Waals surface area contributed by atoms with Gasteiger partial charge >= 0.3 is 0 Å². The average Bonchev–Trinajstić information content (AvgIpc) is 2.78. The molecule has 180 valence electrons. The first kappa shape index (κ1) is 25.1. The maximum Gasteiger partial charge on any atom is 0.262 e. The Morgan fingerprint density at radius 3 is 2.29 bits per heavy atom. The number of aryl methyl sites for hydroxylation is 1. The molecule has 0 bridgehead atoms. The second-order valence-corrected chi connectivity index (χ2v) is 10.5. The van der Waals surface area contributed by atoms with Crippen LogP contribution >= 0.6 is 0 Å². The van der Waals surface area contributed by atoms with Crippen molar-refractivity contribution >= 4 is 27.3 Å². The van der Waals surface area contributed by atoms with E-state index < -0.39 is 15.9 Å². The van der Waals surface area contributed by atoms with Crippen molar-refractivity contribution in [1.29, 1.82) is 0 Å². The van der Waals surface area contributed by atoms with Crippen molar-refractivity contribution < 1.29 is 22.7 Å². The Bertz CT molecular complexity index is 1260. The number of carbonyl (C=O) groups is 1. The molecule has 3 aromatic rings. The summed E-state index contributed by atoms with van der Waals surface area (Å²) < 4.78 is 39.4. The summed E-state index contributed by atoms with van der Waals surface area (Å²) in [6.07, 6.45) is 0. The van der Waals surface area contributed by atoms with E-state index in [2.05, 4.69) is 30.8 Å². The molecular formula is C26H30N2O5S. The second-order valence-electron chi connectivity index (χ2n) is 8.90. The standard InChI is InChI=1S/C26H30N2O5S/c1-18-10-13-20(16-24(18)34(30,31)28-22-8-6-7-9-23(22)32-5)27-25(29)17-33-21-14-11-19(12-15-21)26(2,3)4/h6-16,28H,17H2,1-5H3,(H,27,29). The van der Waals surface area contributed by atoms with Gasteiger partial charge in [0.1, 0.15) is 11.5 Å². The lowest BCUT2D eigenvalue weighted by atomic mass is 9.87. The number of benzene rings is 3. The fourth-order valence-corrected chi connectivity index (χ4v) is 4.64. The van der Waals surface area contributed by atoms with Crippen LogP contribution in [0, 0.1) is 6.92 Å². The molecule has 7 nitrogen and oxygen atoms in total. The van der Waals surface area contributed by atoms with E-state index in [1.807, 2.05) is 24.3 Å². The summed E-state index contributed by atoms with van der Waals surface area (Å²) in [7, 11) is -2.45. The predicted molar refractivity (Wildman–Crippen MR) is 134 cm³/mol. The van der Waals surface area contributed by atoms with E-state index in [0.29, 0.717) is 28.4 Å². The minimum Gasteiger partial charge on any atom is -0.495 e. The van der Waals surface area contributed by atoms with Crippen molar-refractivity contribution in [3.8, 4) is 11.5 Å². The molecule has 3 rings (SSSR count). The maximum absolute atomic E-state index is 13.0. The third kappa shape index (κ3) is 6.29. The molecule has 0 saturated carbocycles. The molecule has 0 aliphatic carbocycles. The molecule has 0 spiro atoms. The third-order valence-electron chi connectivity index (χ3n) is 5.20. The van der Waals surface area contributed by atoms with E-state index in [4.69, 9.17) is 9.47 Å². The molecule has 3 aromatic carbocycles. The molecule has 0 saturated heterocycles. The summed E-state index contributed by atoms with van der Waals surface area (Å²) in [6, 6.07) is 19.0. The van der Waals surface area contributed by atoms with Gasteiger partial charge in [-0.3, -0.25) is 9.52 Å². The van der Waals surface area contributed by atoms with Crippen LogP contribution in [0.2, 0.25) is 0 Å². The Hall–Kier alpha value is -3.52. The molecule has 8 heteroatoms.